The summed E-state index contributed by atoms with van der Waals surface area (Å²) < 4.78 is 0. The van der Waals surface area contributed by atoms with Gasteiger partial charge < -0.3 is 10.4 Å². The molecule has 0 saturated heterocycles. The maximum atomic E-state index is 12.0. The predicted molar refractivity (Wildman–Crippen MR) is 76.8 cm³/mol. The van der Waals surface area contributed by atoms with Gasteiger partial charge in [-0.3, -0.25) is 4.79 Å². The van der Waals surface area contributed by atoms with Crippen LogP contribution in [0.25, 0.3) is 11.5 Å². The Hall–Kier alpha value is -2.02. The first-order valence-electron chi connectivity index (χ1n) is 6.07. The first kappa shape index (κ1) is 14.4. The molecule has 0 aliphatic heterocycles. The average Bonchev–Trinajstić information content (AvgIpc) is 2.73. The van der Waals surface area contributed by atoms with Crippen molar-refractivity contribution >= 4 is 17.2 Å². The summed E-state index contributed by atoms with van der Waals surface area (Å²) in [7, 11) is 0. The fourth-order valence-corrected chi connectivity index (χ4v) is 2.12. The summed E-state index contributed by atoms with van der Waals surface area (Å²) in [5.74, 6) is -0.447. The maximum Gasteiger partial charge on any atom is 0.258 e. The van der Waals surface area contributed by atoms with Crippen molar-refractivity contribution in [1.29, 1.82) is 0 Å². The summed E-state index contributed by atoms with van der Waals surface area (Å²) >= 11 is 1.47. The molecule has 0 saturated carbocycles. The van der Waals surface area contributed by atoms with Crippen LogP contribution in [0.15, 0.2) is 11.6 Å². The van der Waals surface area contributed by atoms with E-state index in [0.29, 0.717) is 11.5 Å². The zero-order valence-corrected chi connectivity index (χ0v) is 12.6. The number of thiazole rings is 1. The summed E-state index contributed by atoms with van der Waals surface area (Å²) in [6.07, 6.45) is 1.31. The van der Waals surface area contributed by atoms with E-state index in [4.69, 9.17) is 0 Å². The SMILES string of the molecule is Cc1nc(-c2ncc(C(=O)NC(C)(C)C)c(O)n2)cs1. The van der Waals surface area contributed by atoms with E-state index in [-0.39, 0.29) is 11.4 Å². The molecule has 2 aromatic heterocycles. The molecule has 20 heavy (non-hydrogen) atoms. The third-order valence-electron chi connectivity index (χ3n) is 2.35. The number of hydrogen-bond donors (Lipinski definition) is 2. The Morgan fingerprint density at radius 1 is 1.35 bits per heavy atom. The van der Waals surface area contributed by atoms with E-state index in [2.05, 4.69) is 20.3 Å². The lowest BCUT2D eigenvalue weighted by molar-refractivity contribution is 0.0915. The van der Waals surface area contributed by atoms with E-state index < -0.39 is 11.4 Å². The molecular formula is C13H16N4O2S. The van der Waals surface area contributed by atoms with Crippen LogP contribution in [0, 0.1) is 6.92 Å². The topological polar surface area (TPSA) is 88.0 Å². The minimum Gasteiger partial charge on any atom is -0.493 e. The van der Waals surface area contributed by atoms with Crippen LogP contribution < -0.4 is 5.32 Å². The Morgan fingerprint density at radius 2 is 2.05 bits per heavy atom. The Morgan fingerprint density at radius 3 is 2.55 bits per heavy atom. The highest BCUT2D eigenvalue weighted by molar-refractivity contribution is 7.09. The van der Waals surface area contributed by atoms with Gasteiger partial charge in [0.05, 0.1) is 5.01 Å². The zero-order chi connectivity index (χ0) is 14.9. The van der Waals surface area contributed by atoms with Crippen LogP contribution >= 0.6 is 11.3 Å². The van der Waals surface area contributed by atoms with E-state index in [0.717, 1.165) is 5.01 Å². The second kappa shape index (κ2) is 5.16. The van der Waals surface area contributed by atoms with Crippen molar-refractivity contribution in [3.8, 4) is 17.4 Å². The van der Waals surface area contributed by atoms with Gasteiger partial charge in [0.25, 0.3) is 5.91 Å². The zero-order valence-electron chi connectivity index (χ0n) is 11.8. The summed E-state index contributed by atoms with van der Waals surface area (Å²) in [6.45, 7) is 7.44. The predicted octanol–water partition coefficient (Wildman–Crippen LogP) is 2.14. The third-order valence-corrected chi connectivity index (χ3v) is 3.12. The Balaban J connectivity index is 2.28. The monoisotopic (exact) mass is 292 g/mol. The molecule has 0 unspecified atom stereocenters. The molecule has 0 bridgehead atoms. The number of rotatable bonds is 2. The van der Waals surface area contributed by atoms with Crippen LogP contribution in [0.4, 0.5) is 0 Å². The van der Waals surface area contributed by atoms with E-state index in [1.54, 1.807) is 5.38 Å². The number of nitrogens with one attached hydrogen (secondary N) is 1. The first-order chi connectivity index (χ1) is 9.26. The Labute approximate surface area is 120 Å². The van der Waals surface area contributed by atoms with Gasteiger partial charge in [0.2, 0.25) is 5.88 Å². The fraction of sp³-hybridized carbons (Fsp3) is 0.385. The molecule has 2 aromatic rings. The van der Waals surface area contributed by atoms with Crippen molar-refractivity contribution in [3.63, 3.8) is 0 Å². The lowest BCUT2D eigenvalue weighted by atomic mass is 10.1. The minimum absolute atomic E-state index is 0.0515. The average molecular weight is 292 g/mol. The van der Waals surface area contributed by atoms with Crippen LogP contribution in [-0.4, -0.2) is 31.5 Å². The van der Waals surface area contributed by atoms with E-state index in [9.17, 15) is 9.90 Å². The Bertz CT molecular complexity index is 646. The highest BCUT2D eigenvalue weighted by atomic mass is 32.1. The molecule has 2 rings (SSSR count). The highest BCUT2D eigenvalue weighted by Crippen LogP contribution is 2.21. The highest BCUT2D eigenvalue weighted by Gasteiger charge is 2.20. The number of aromatic hydroxyl groups is 1. The quantitative estimate of drug-likeness (QED) is 0.885. The van der Waals surface area contributed by atoms with Crippen LogP contribution in [0.2, 0.25) is 0 Å². The van der Waals surface area contributed by atoms with Crippen LogP contribution in [0.5, 0.6) is 5.88 Å². The number of aromatic nitrogens is 3. The lowest BCUT2D eigenvalue weighted by Gasteiger charge is -2.20. The second-order valence-electron chi connectivity index (χ2n) is 5.39. The lowest BCUT2D eigenvalue weighted by Crippen LogP contribution is -2.40. The van der Waals surface area contributed by atoms with Gasteiger partial charge in [0, 0.05) is 17.1 Å². The molecule has 1 amide bonds. The smallest absolute Gasteiger partial charge is 0.258 e. The molecule has 0 fully saturated rings. The van der Waals surface area contributed by atoms with Gasteiger partial charge in [-0.15, -0.1) is 11.3 Å². The van der Waals surface area contributed by atoms with E-state index >= 15 is 0 Å². The molecule has 0 atom stereocenters. The molecule has 0 aromatic carbocycles. The molecule has 0 spiro atoms. The molecular weight excluding hydrogens is 276 g/mol. The van der Waals surface area contributed by atoms with Crippen LogP contribution in [0.3, 0.4) is 0 Å². The molecule has 0 aliphatic carbocycles. The van der Waals surface area contributed by atoms with Crippen molar-refractivity contribution in [3.05, 3.63) is 22.1 Å². The van der Waals surface area contributed by atoms with Crippen molar-refractivity contribution < 1.29 is 9.90 Å². The van der Waals surface area contributed by atoms with Gasteiger partial charge in [-0.2, -0.15) is 4.98 Å². The summed E-state index contributed by atoms with van der Waals surface area (Å²) in [5.41, 5.74) is 0.245. The number of hydrogen-bond acceptors (Lipinski definition) is 6. The number of carbonyl (C=O) groups excluding carboxylic acids is 1. The van der Waals surface area contributed by atoms with Crippen molar-refractivity contribution in [1.82, 2.24) is 20.3 Å². The van der Waals surface area contributed by atoms with Gasteiger partial charge >= 0.3 is 0 Å². The van der Waals surface area contributed by atoms with Gasteiger partial charge in [-0.25, -0.2) is 9.97 Å². The van der Waals surface area contributed by atoms with Crippen molar-refractivity contribution in [2.24, 2.45) is 0 Å². The van der Waals surface area contributed by atoms with Gasteiger partial charge in [0.1, 0.15) is 11.3 Å². The number of aryl methyl sites for hydroxylation is 1. The normalized spacial score (nSPS) is 11.4. The number of amides is 1. The van der Waals surface area contributed by atoms with E-state index in [1.165, 1.54) is 17.5 Å². The third kappa shape index (κ3) is 3.30. The summed E-state index contributed by atoms with van der Waals surface area (Å²) in [6, 6.07) is 0. The maximum absolute atomic E-state index is 12.0. The van der Waals surface area contributed by atoms with Crippen molar-refractivity contribution in [2.45, 2.75) is 33.2 Å². The van der Waals surface area contributed by atoms with Gasteiger partial charge in [-0.05, 0) is 27.7 Å². The fourth-order valence-electron chi connectivity index (χ4n) is 1.53. The Kier molecular flexibility index (Phi) is 3.71. The molecule has 6 nitrogen and oxygen atoms in total. The van der Waals surface area contributed by atoms with Crippen molar-refractivity contribution in [2.75, 3.05) is 0 Å². The second-order valence-corrected chi connectivity index (χ2v) is 6.45. The van der Waals surface area contributed by atoms with Crippen LogP contribution in [0.1, 0.15) is 36.1 Å². The number of nitrogens with zero attached hydrogens (tertiary/aromatic N) is 3. The molecule has 0 aliphatic rings. The van der Waals surface area contributed by atoms with Crippen LogP contribution in [-0.2, 0) is 0 Å². The summed E-state index contributed by atoms with van der Waals surface area (Å²) in [5, 5.41) is 15.3. The summed E-state index contributed by atoms with van der Waals surface area (Å²) in [4.78, 5) is 24.2. The van der Waals surface area contributed by atoms with Gasteiger partial charge in [-0.1, -0.05) is 0 Å². The first-order valence-corrected chi connectivity index (χ1v) is 6.95. The molecule has 106 valence electrons. The molecule has 2 N–H and O–H groups in total. The standard InChI is InChI=1S/C13H16N4O2S/c1-7-15-9(6-20-7)10-14-5-8(11(18)16-10)12(19)17-13(2,3)4/h5-6H,1-4H3,(H,17,19)(H,14,16,18). The molecule has 7 heteroatoms. The van der Waals surface area contributed by atoms with Gasteiger partial charge in [0.15, 0.2) is 5.82 Å². The minimum atomic E-state index is -0.406. The largest absolute Gasteiger partial charge is 0.493 e. The molecule has 2 heterocycles. The number of carbonyl (C=O) groups is 1. The van der Waals surface area contributed by atoms with E-state index in [1.807, 2.05) is 27.7 Å². The molecule has 0 radical (unpaired) electrons.